The first-order valence-corrected chi connectivity index (χ1v) is 13.2. The lowest BCUT2D eigenvalue weighted by Crippen LogP contribution is -2.42. The average Bonchev–Trinajstić information content (AvgIpc) is 3.28. The summed E-state index contributed by atoms with van der Waals surface area (Å²) >= 11 is 0.860. The minimum atomic E-state index is -4.83. The highest BCUT2D eigenvalue weighted by atomic mass is 32.1. The molecule has 206 valence electrons. The van der Waals surface area contributed by atoms with Gasteiger partial charge in [0.1, 0.15) is 11.3 Å². The Morgan fingerprint density at radius 2 is 1.82 bits per heavy atom. The van der Waals surface area contributed by atoms with Crippen LogP contribution in [0.15, 0.2) is 47.3 Å². The molecule has 13 heteroatoms. The van der Waals surface area contributed by atoms with E-state index in [1.165, 1.54) is 0 Å². The van der Waals surface area contributed by atoms with Crippen molar-refractivity contribution in [2.75, 3.05) is 37.6 Å². The number of esters is 1. The van der Waals surface area contributed by atoms with Gasteiger partial charge in [0.05, 0.1) is 22.4 Å². The van der Waals surface area contributed by atoms with E-state index in [1.807, 2.05) is 35.2 Å². The van der Waals surface area contributed by atoms with Crippen molar-refractivity contribution < 1.29 is 27.6 Å². The van der Waals surface area contributed by atoms with Crippen LogP contribution in [0.2, 0.25) is 0 Å². The van der Waals surface area contributed by atoms with Crippen molar-refractivity contribution in [2.45, 2.75) is 32.0 Å². The van der Waals surface area contributed by atoms with Crippen LogP contribution in [0.1, 0.15) is 30.4 Å². The van der Waals surface area contributed by atoms with Crippen LogP contribution in [0.3, 0.4) is 0 Å². The number of aromatic nitrogens is 1. The molecule has 0 amide bonds. The Morgan fingerprint density at radius 1 is 1.13 bits per heavy atom. The van der Waals surface area contributed by atoms with Gasteiger partial charge in [-0.15, -0.1) is 0 Å². The number of benzene rings is 2. The third-order valence-corrected chi connectivity index (χ3v) is 8.59. The molecule has 5 rings (SSSR count). The smallest absolute Gasteiger partial charge is 0.416 e. The van der Waals surface area contributed by atoms with Crippen LogP contribution in [0.5, 0.6) is 0 Å². The summed E-state index contributed by atoms with van der Waals surface area (Å²) in [6.07, 6.45) is -2.40. The summed E-state index contributed by atoms with van der Waals surface area (Å²) in [4.78, 5) is 43.6. The molecule has 2 aliphatic heterocycles. The van der Waals surface area contributed by atoms with E-state index in [0.717, 1.165) is 49.3 Å². The molecule has 9 nitrogen and oxygen atoms in total. The number of non-ortho nitro benzene ring substituents is 1. The van der Waals surface area contributed by atoms with Crippen LogP contribution in [0.25, 0.3) is 10.1 Å². The summed E-state index contributed by atoms with van der Waals surface area (Å²) < 4.78 is 45.0. The van der Waals surface area contributed by atoms with Crippen molar-refractivity contribution in [1.82, 2.24) is 9.88 Å². The fraction of sp³-hybridized carbons (Fsp3) is 0.423. The van der Waals surface area contributed by atoms with Crippen LogP contribution < -0.4 is 10.5 Å². The zero-order valence-corrected chi connectivity index (χ0v) is 21.6. The number of ether oxygens (including phenoxy) is 1. The summed E-state index contributed by atoms with van der Waals surface area (Å²) in [5.74, 6) is -0.284. The SMILES string of the molecule is O=C(CN1CCC2(CCN(c3nc(=O)c4cc(C(F)(F)F)cc([N+](=O)[O-])c4s3)CC2)C1)OCc1ccccc1. The van der Waals surface area contributed by atoms with Gasteiger partial charge < -0.3 is 9.64 Å². The number of halogens is 3. The van der Waals surface area contributed by atoms with E-state index in [4.69, 9.17) is 4.74 Å². The maximum Gasteiger partial charge on any atom is 0.416 e. The normalized spacial score (nSPS) is 17.6. The van der Waals surface area contributed by atoms with E-state index in [-0.39, 0.29) is 34.4 Å². The first-order chi connectivity index (χ1) is 18.5. The van der Waals surface area contributed by atoms with Crippen molar-refractivity contribution in [3.8, 4) is 0 Å². The number of likely N-dealkylation sites (tertiary alicyclic amines) is 1. The van der Waals surface area contributed by atoms with Gasteiger partial charge in [0.25, 0.3) is 11.2 Å². The molecule has 39 heavy (non-hydrogen) atoms. The van der Waals surface area contributed by atoms with E-state index in [2.05, 4.69) is 9.88 Å². The molecule has 0 atom stereocenters. The largest absolute Gasteiger partial charge is 0.460 e. The van der Waals surface area contributed by atoms with Crippen molar-refractivity contribution in [2.24, 2.45) is 5.41 Å². The molecule has 0 N–H and O–H groups in total. The van der Waals surface area contributed by atoms with E-state index < -0.39 is 33.3 Å². The van der Waals surface area contributed by atoms with Gasteiger partial charge in [0, 0.05) is 25.7 Å². The number of carbonyl (C=O) groups excluding carboxylic acids is 1. The first-order valence-electron chi connectivity index (χ1n) is 12.4. The van der Waals surface area contributed by atoms with Gasteiger partial charge in [-0.3, -0.25) is 24.6 Å². The lowest BCUT2D eigenvalue weighted by atomic mass is 9.78. The highest BCUT2D eigenvalue weighted by molar-refractivity contribution is 7.22. The lowest BCUT2D eigenvalue weighted by Gasteiger charge is -2.39. The summed E-state index contributed by atoms with van der Waals surface area (Å²) in [5, 5.41) is 11.4. The Bertz CT molecular complexity index is 1460. The molecule has 2 fully saturated rings. The highest BCUT2D eigenvalue weighted by Gasteiger charge is 2.41. The standard InChI is InChI=1S/C26H25F3N4O5S/c27-26(28,29)18-12-19-22(20(13-18)33(36)37)39-24(30-23(19)35)32-10-7-25(8-11-32)6-9-31(16-25)14-21(34)38-15-17-4-2-1-3-5-17/h1-5,12-13H,6-11,14-16H2. The van der Waals surface area contributed by atoms with Crippen LogP contribution in [0, 0.1) is 15.5 Å². The summed E-state index contributed by atoms with van der Waals surface area (Å²) in [6.45, 7) is 3.00. The number of fused-ring (bicyclic) bond motifs is 1. The molecule has 2 aromatic carbocycles. The molecule has 0 saturated carbocycles. The van der Waals surface area contributed by atoms with Crippen LogP contribution in [-0.2, 0) is 22.3 Å². The molecule has 2 saturated heterocycles. The predicted molar refractivity (Wildman–Crippen MR) is 139 cm³/mol. The van der Waals surface area contributed by atoms with Crippen LogP contribution >= 0.6 is 11.3 Å². The number of hydrogen-bond acceptors (Lipinski definition) is 9. The Morgan fingerprint density at radius 3 is 2.49 bits per heavy atom. The molecule has 0 aliphatic carbocycles. The number of rotatable bonds is 6. The third-order valence-electron chi connectivity index (χ3n) is 7.42. The Labute approximate surface area is 225 Å². The molecule has 0 unspecified atom stereocenters. The molecule has 1 aromatic heterocycles. The van der Waals surface area contributed by atoms with Gasteiger partial charge in [0.2, 0.25) is 0 Å². The quantitative estimate of drug-likeness (QED) is 0.244. The van der Waals surface area contributed by atoms with E-state index in [0.29, 0.717) is 25.2 Å². The van der Waals surface area contributed by atoms with E-state index in [1.54, 1.807) is 0 Å². The van der Waals surface area contributed by atoms with Crippen molar-refractivity contribution in [3.63, 3.8) is 0 Å². The second-order valence-corrected chi connectivity index (χ2v) is 11.0. The first kappa shape index (κ1) is 27.0. The number of hydrogen-bond donors (Lipinski definition) is 0. The van der Waals surface area contributed by atoms with Gasteiger partial charge in [-0.2, -0.15) is 18.2 Å². The fourth-order valence-electron chi connectivity index (χ4n) is 5.28. The molecule has 0 bridgehead atoms. The fourth-order valence-corrected chi connectivity index (χ4v) is 6.40. The van der Waals surface area contributed by atoms with Gasteiger partial charge >= 0.3 is 12.1 Å². The molecule has 1 spiro atoms. The third kappa shape index (κ3) is 5.88. The van der Waals surface area contributed by atoms with Gasteiger partial charge in [-0.25, -0.2) is 0 Å². The van der Waals surface area contributed by atoms with E-state index in [9.17, 15) is 32.9 Å². The van der Waals surface area contributed by atoms with Crippen LogP contribution in [-0.4, -0.2) is 53.5 Å². The molecular weight excluding hydrogens is 537 g/mol. The minimum Gasteiger partial charge on any atom is -0.460 e. The summed E-state index contributed by atoms with van der Waals surface area (Å²) in [5.41, 5.74) is -2.02. The zero-order valence-electron chi connectivity index (χ0n) is 20.8. The number of anilines is 1. The number of nitro groups is 1. The number of piperidine rings is 1. The number of nitrogens with zero attached hydrogens (tertiary/aromatic N) is 4. The lowest BCUT2D eigenvalue weighted by molar-refractivity contribution is -0.383. The predicted octanol–water partition coefficient (Wildman–Crippen LogP) is 4.62. The molecule has 0 radical (unpaired) electrons. The highest BCUT2D eigenvalue weighted by Crippen LogP contribution is 2.43. The Kier molecular flexibility index (Phi) is 7.29. The number of carbonyl (C=O) groups is 1. The Balaban J connectivity index is 1.24. The Hall–Kier alpha value is -3.58. The molecule has 3 aromatic rings. The zero-order chi connectivity index (χ0) is 27.8. The number of alkyl halides is 3. The summed E-state index contributed by atoms with van der Waals surface area (Å²) in [7, 11) is 0. The average molecular weight is 563 g/mol. The van der Waals surface area contributed by atoms with Gasteiger partial charge in [0.15, 0.2) is 5.13 Å². The molecule has 3 heterocycles. The van der Waals surface area contributed by atoms with Crippen LogP contribution in [0.4, 0.5) is 24.0 Å². The van der Waals surface area contributed by atoms with E-state index >= 15 is 0 Å². The summed E-state index contributed by atoms with van der Waals surface area (Å²) in [6, 6.07) is 10.5. The molecular formula is C26H25F3N4O5S. The maximum atomic E-state index is 13.2. The van der Waals surface area contributed by atoms with Gasteiger partial charge in [-0.05, 0) is 42.9 Å². The van der Waals surface area contributed by atoms with Crippen molar-refractivity contribution >= 4 is 38.2 Å². The molecule has 2 aliphatic rings. The second kappa shape index (κ2) is 10.5. The topological polar surface area (TPSA) is 106 Å². The van der Waals surface area contributed by atoms with Crippen molar-refractivity contribution in [1.29, 1.82) is 0 Å². The minimum absolute atomic E-state index is 0.00831. The maximum absolute atomic E-state index is 13.2. The van der Waals surface area contributed by atoms with Gasteiger partial charge in [-0.1, -0.05) is 41.7 Å². The van der Waals surface area contributed by atoms with Crippen molar-refractivity contribution in [3.05, 3.63) is 74.1 Å². The number of nitro benzene ring substituents is 1. The monoisotopic (exact) mass is 562 g/mol. The second-order valence-electron chi connectivity index (χ2n) is 10.0.